The monoisotopic (exact) mass is 425 g/mol. The van der Waals surface area contributed by atoms with Crippen LogP contribution < -0.4 is 34.3 Å². The number of nitrogens with zero attached hydrogens (tertiary/aromatic N) is 1. The summed E-state index contributed by atoms with van der Waals surface area (Å²) in [7, 11) is 0. The van der Waals surface area contributed by atoms with E-state index in [1.165, 1.54) is 6.07 Å². The van der Waals surface area contributed by atoms with Crippen molar-refractivity contribution in [1.29, 1.82) is 0 Å². The molecule has 2 aromatic carbocycles. The molecule has 0 unspecified atom stereocenters. The molecule has 0 saturated heterocycles. The van der Waals surface area contributed by atoms with Crippen LogP contribution in [-0.4, -0.2) is 22.2 Å². The second-order valence-electron chi connectivity index (χ2n) is 7.01. The molecule has 1 aromatic heterocycles. The van der Waals surface area contributed by atoms with Gasteiger partial charge in [0.25, 0.3) is 0 Å². The SMILES string of the molecule is Cc1ccc(-c2cc(Cl)ccc2OCC(C)C)n1-c1ccc(F)c(C(=O)O)c1.[H-].[Na+]. The third-order valence-electron chi connectivity index (χ3n) is 4.30. The Kier molecular flexibility index (Phi) is 7.94. The Morgan fingerprint density at radius 1 is 1.21 bits per heavy atom. The number of carbonyl (C=O) groups is 1. The first-order valence-corrected chi connectivity index (χ1v) is 9.30. The second kappa shape index (κ2) is 9.81. The largest absolute Gasteiger partial charge is 1.00 e. The van der Waals surface area contributed by atoms with Gasteiger partial charge in [0.15, 0.2) is 0 Å². The molecular weight excluding hydrogens is 404 g/mol. The fourth-order valence-electron chi connectivity index (χ4n) is 2.99. The minimum Gasteiger partial charge on any atom is -1.00 e. The van der Waals surface area contributed by atoms with Crippen LogP contribution in [0.25, 0.3) is 16.9 Å². The molecule has 3 rings (SSSR count). The molecule has 0 radical (unpaired) electrons. The van der Waals surface area contributed by atoms with Gasteiger partial charge in [0.1, 0.15) is 11.6 Å². The number of halogens is 2. The number of hydrogen-bond donors (Lipinski definition) is 1. The Morgan fingerprint density at radius 2 is 1.93 bits per heavy atom. The first kappa shape index (κ1) is 23.5. The Labute approximate surface area is 198 Å². The van der Waals surface area contributed by atoms with Crippen LogP contribution in [-0.2, 0) is 0 Å². The molecule has 3 aromatic rings. The summed E-state index contributed by atoms with van der Waals surface area (Å²) < 4.78 is 21.7. The van der Waals surface area contributed by atoms with Crippen molar-refractivity contribution in [2.24, 2.45) is 5.92 Å². The Morgan fingerprint density at radius 3 is 2.59 bits per heavy atom. The average Bonchev–Trinajstić information content (AvgIpc) is 3.02. The molecule has 0 fully saturated rings. The standard InChI is InChI=1S/C22H21ClFNO3.Na.H/c1-13(2)12-28-21-9-5-15(23)10-18(21)20-8-4-14(3)25(20)16-6-7-19(24)17(11-16)22(26)27;;/h4-11,13H,12H2,1-3H3,(H,26,27);;/q;+1;-1. The molecule has 4 nitrogen and oxygen atoms in total. The van der Waals surface area contributed by atoms with Crippen LogP contribution in [0, 0.1) is 18.7 Å². The zero-order valence-corrected chi connectivity index (χ0v) is 19.6. The van der Waals surface area contributed by atoms with Crippen LogP contribution in [0.1, 0.15) is 31.3 Å². The predicted octanol–water partition coefficient (Wildman–Crippen LogP) is 3.09. The summed E-state index contributed by atoms with van der Waals surface area (Å²) in [6.45, 7) is 6.57. The normalized spacial score (nSPS) is 10.7. The van der Waals surface area contributed by atoms with E-state index in [1.54, 1.807) is 12.1 Å². The molecule has 29 heavy (non-hydrogen) atoms. The molecule has 0 spiro atoms. The van der Waals surface area contributed by atoms with E-state index in [0.717, 1.165) is 23.0 Å². The summed E-state index contributed by atoms with van der Waals surface area (Å²) in [5, 5.41) is 9.82. The minimum absolute atomic E-state index is 0. The molecule has 0 aliphatic rings. The summed E-state index contributed by atoms with van der Waals surface area (Å²) in [5.74, 6) is -1.05. The second-order valence-corrected chi connectivity index (χ2v) is 7.45. The van der Waals surface area contributed by atoms with Crippen LogP contribution in [0.4, 0.5) is 4.39 Å². The van der Waals surface area contributed by atoms with E-state index in [2.05, 4.69) is 13.8 Å². The van der Waals surface area contributed by atoms with Gasteiger partial charge < -0.3 is 15.8 Å². The summed E-state index contributed by atoms with van der Waals surface area (Å²) in [5.41, 5.74) is 2.60. The Hall–Kier alpha value is -1.79. The minimum atomic E-state index is -1.31. The third kappa shape index (κ3) is 5.23. The van der Waals surface area contributed by atoms with Crippen LogP contribution >= 0.6 is 11.6 Å². The molecule has 0 bridgehead atoms. The van der Waals surface area contributed by atoms with Crippen molar-refractivity contribution < 1.29 is 50.0 Å². The first-order chi connectivity index (χ1) is 13.3. The van der Waals surface area contributed by atoms with Gasteiger partial charge in [-0.3, -0.25) is 0 Å². The Bertz CT molecular complexity index is 1040. The predicted molar refractivity (Wildman–Crippen MR) is 109 cm³/mol. The number of rotatable bonds is 6. The van der Waals surface area contributed by atoms with Gasteiger partial charge in [-0.1, -0.05) is 25.4 Å². The molecule has 0 amide bonds. The van der Waals surface area contributed by atoms with Crippen molar-refractivity contribution in [2.75, 3.05) is 6.61 Å². The molecule has 1 N–H and O–H groups in total. The summed E-state index contributed by atoms with van der Waals surface area (Å²) in [6.07, 6.45) is 0. The Balaban J connectivity index is 0.00000225. The van der Waals surface area contributed by atoms with Gasteiger partial charge in [0, 0.05) is 22.0 Å². The number of aryl methyl sites for hydroxylation is 1. The van der Waals surface area contributed by atoms with Gasteiger partial charge in [-0.15, -0.1) is 0 Å². The topological polar surface area (TPSA) is 51.5 Å². The summed E-state index contributed by atoms with van der Waals surface area (Å²) >= 11 is 6.23. The van der Waals surface area contributed by atoms with Crippen LogP contribution in [0.15, 0.2) is 48.5 Å². The molecule has 0 aliphatic heterocycles. The van der Waals surface area contributed by atoms with Gasteiger partial charge in [0.05, 0.1) is 17.9 Å². The number of carboxylic acids is 1. The van der Waals surface area contributed by atoms with Crippen LogP contribution in [0.2, 0.25) is 5.02 Å². The van der Waals surface area contributed by atoms with Crippen molar-refractivity contribution >= 4 is 17.6 Å². The van der Waals surface area contributed by atoms with Crippen LogP contribution in [0.5, 0.6) is 5.75 Å². The summed E-state index contributed by atoms with van der Waals surface area (Å²) in [6, 6.07) is 13.3. The zero-order valence-electron chi connectivity index (χ0n) is 17.9. The number of aromatic nitrogens is 1. The number of benzene rings is 2. The van der Waals surface area contributed by atoms with Gasteiger partial charge in [0.2, 0.25) is 0 Å². The number of aromatic carboxylic acids is 1. The van der Waals surface area contributed by atoms with E-state index in [0.29, 0.717) is 29.0 Å². The number of hydrogen-bond acceptors (Lipinski definition) is 2. The fraction of sp³-hybridized carbons (Fsp3) is 0.227. The zero-order chi connectivity index (χ0) is 20.4. The van der Waals surface area contributed by atoms with Gasteiger partial charge in [-0.25, -0.2) is 9.18 Å². The third-order valence-corrected chi connectivity index (χ3v) is 4.54. The molecule has 0 atom stereocenters. The van der Waals surface area contributed by atoms with E-state index in [4.69, 9.17) is 16.3 Å². The molecule has 0 aliphatic carbocycles. The molecular formula is C22H22ClFNNaO3. The van der Waals surface area contributed by atoms with E-state index in [-0.39, 0.29) is 36.5 Å². The fourth-order valence-corrected chi connectivity index (χ4v) is 3.16. The van der Waals surface area contributed by atoms with E-state index < -0.39 is 11.8 Å². The van der Waals surface area contributed by atoms with Crippen molar-refractivity contribution in [2.45, 2.75) is 20.8 Å². The number of carboxylic acid groups (broad SMARTS) is 1. The van der Waals surface area contributed by atoms with Gasteiger partial charge in [-0.2, -0.15) is 0 Å². The van der Waals surface area contributed by atoms with Gasteiger partial charge in [-0.05, 0) is 61.4 Å². The van der Waals surface area contributed by atoms with Crippen LogP contribution in [0.3, 0.4) is 0 Å². The average molecular weight is 426 g/mol. The maximum atomic E-state index is 13.9. The molecule has 0 saturated carbocycles. The molecule has 148 valence electrons. The van der Waals surface area contributed by atoms with E-state index >= 15 is 0 Å². The van der Waals surface area contributed by atoms with Crippen molar-refractivity contribution in [1.82, 2.24) is 4.57 Å². The first-order valence-electron chi connectivity index (χ1n) is 8.92. The maximum absolute atomic E-state index is 13.9. The van der Waals surface area contributed by atoms with Crippen molar-refractivity contribution in [3.05, 3.63) is 70.6 Å². The van der Waals surface area contributed by atoms with Crippen molar-refractivity contribution in [3.63, 3.8) is 0 Å². The molecule has 7 heteroatoms. The number of ether oxygens (including phenoxy) is 1. The van der Waals surface area contributed by atoms with Gasteiger partial charge >= 0.3 is 35.5 Å². The van der Waals surface area contributed by atoms with Crippen molar-refractivity contribution in [3.8, 4) is 22.7 Å². The maximum Gasteiger partial charge on any atom is 1.00 e. The van der Waals surface area contributed by atoms with E-state index in [1.807, 2.05) is 35.8 Å². The quantitative estimate of drug-likeness (QED) is 0.617. The summed E-state index contributed by atoms with van der Waals surface area (Å²) in [4.78, 5) is 11.3. The van der Waals surface area contributed by atoms with E-state index in [9.17, 15) is 14.3 Å². The molecule has 1 heterocycles. The smallest absolute Gasteiger partial charge is 1.00 e.